The molecule has 0 spiro atoms. The minimum Gasteiger partial charge on any atom is -0.299 e. The average molecular weight is 410 g/mol. The van der Waals surface area contributed by atoms with Crippen LogP contribution >= 0.6 is 11.6 Å². The molecule has 1 saturated heterocycles. The Morgan fingerprint density at radius 1 is 1.00 bits per heavy atom. The van der Waals surface area contributed by atoms with Gasteiger partial charge < -0.3 is 0 Å². The van der Waals surface area contributed by atoms with E-state index in [0.29, 0.717) is 5.92 Å². The smallest absolute Gasteiger partial charge is 0.299 e. The first-order chi connectivity index (χ1) is 14.1. The lowest BCUT2D eigenvalue weighted by molar-refractivity contribution is 0.179. The zero-order valence-corrected chi connectivity index (χ0v) is 17.7. The summed E-state index contributed by atoms with van der Waals surface area (Å²) in [6.07, 6.45) is 4.51. The Morgan fingerprint density at radius 3 is 2.48 bits per heavy atom. The molecule has 1 aliphatic heterocycles. The van der Waals surface area contributed by atoms with E-state index in [-0.39, 0.29) is 11.7 Å². The Balaban J connectivity index is 1.38. The third-order valence-electron chi connectivity index (χ3n) is 6.53. The molecule has 0 atom stereocenters. The Hall–Kier alpha value is -2.04. The van der Waals surface area contributed by atoms with E-state index in [1.807, 2.05) is 22.8 Å². The van der Waals surface area contributed by atoms with Gasteiger partial charge in [-0.15, -0.1) is 0 Å². The second-order valence-electron chi connectivity index (χ2n) is 8.80. The van der Waals surface area contributed by atoms with Gasteiger partial charge in [-0.2, -0.15) is 0 Å². The highest BCUT2D eigenvalue weighted by Gasteiger charge is 2.28. The van der Waals surface area contributed by atoms with Crippen LogP contribution in [-0.4, -0.2) is 27.1 Å². The molecule has 0 N–H and O–H groups in total. The molecule has 0 bridgehead atoms. The van der Waals surface area contributed by atoms with Crippen molar-refractivity contribution in [3.8, 4) is 0 Å². The number of rotatable bonds is 5. The number of aromatic nitrogens is 2. The molecule has 152 valence electrons. The molecule has 2 heterocycles. The van der Waals surface area contributed by atoms with Gasteiger partial charge in [0.25, 0.3) is 0 Å². The molecule has 1 aliphatic carbocycles. The van der Waals surface area contributed by atoms with E-state index >= 15 is 0 Å². The number of imidazole rings is 1. The van der Waals surface area contributed by atoms with Gasteiger partial charge in [0.15, 0.2) is 0 Å². The van der Waals surface area contributed by atoms with Gasteiger partial charge in [-0.3, -0.25) is 14.0 Å². The molecular weight excluding hydrogens is 382 g/mol. The third-order valence-corrected chi connectivity index (χ3v) is 6.90. The maximum atomic E-state index is 13.4. The number of piperidine rings is 1. The molecule has 1 aromatic heterocycles. The molecule has 5 rings (SSSR count). The van der Waals surface area contributed by atoms with Crippen molar-refractivity contribution in [2.45, 2.75) is 51.7 Å². The van der Waals surface area contributed by atoms with Crippen molar-refractivity contribution in [1.82, 2.24) is 14.0 Å². The third kappa shape index (κ3) is 3.76. The van der Waals surface area contributed by atoms with Crippen LogP contribution in [0.2, 0.25) is 5.02 Å². The van der Waals surface area contributed by atoms with E-state index in [1.54, 1.807) is 0 Å². The van der Waals surface area contributed by atoms with Gasteiger partial charge in [-0.05, 0) is 67.9 Å². The van der Waals surface area contributed by atoms with E-state index < -0.39 is 0 Å². The summed E-state index contributed by atoms with van der Waals surface area (Å²) in [7, 11) is 0. The quantitative estimate of drug-likeness (QED) is 0.592. The van der Waals surface area contributed by atoms with Gasteiger partial charge in [0, 0.05) is 37.2 Å². The number of aryl methyl sites for hydroxylation is 1. The van der Waals surface area contributed by atoms with E-state index in [9.17, 15) is 4.79 Å². The standard InChI is InChI=1S/C24H28ClN3O/c1-17-6-9-22-23(14-17)27(15-18-7-8-18)24(29)28(22)20-10-12-26(13-11-20)16-19-4-2-3-5-21(19)25/h2-6,9,14,18,20H,7-8,10-13,15-16H2,1H3. The summed E-state index contributed by atoms with van der Waals surface area (Å²) in [5.74, 6) is 0.685. The molecule has 0 unspecified atom stereocenters. The molecule has 0 radical (unpaired) electrons. The molecule has 0 amide bonds. The average Bonchev–Trinajstić information content (AvgIpc) is 3.50. The van der Waals surface area contributed by atoms with Gasteiger partial charge in [-0.1, -0.05) is 35.9 Å². The summed E-state index contributed by atoms with van der Waals surface area (Å²) in [4.78, 5) is 15.8. The number of fused-ring (bicyclic) bond motifs is 1. The first-order valence-corrected chi connectivity index (χ1v) is 11.1. The number of hydrogen-bond acceptors (Lipinski definition) is 2. The van der Waals surface area contributed by atoms with Crippen LogP contribution in [0.3, 0.4) is 0 Å². The van der Waals surface area contributed by atoms with Crippen LogP contribution in [0.4, 0.5) is 0 Å². The monoisotopic (exact) mass is 409 g/mol. The number of nitrogens with zero attached hydrogens (tertiary/aromatic N) is 3. The number of hydrogen-bond donors (Lipinski definition) is 0. The van der Waals surface area contributed by atoms with Crippen LogP contribution in [0.15, 0.2) is 47.3 Å². The zero-order valence-electron chi connectivity index (χ0n) is 17.0. The van der Waals surface area contributed by atoms with Crippen molar-refractivity contribution < 1.29 is 0 Å². The van der Waals surface area contributed by atoms with Crippen molar-refractivity contribution in [3.05, 3.63) is 69.1 Å². The van der Waals surface area contributed by atoms with Crippen LogP contribution in [-0.2, 0) is 13.1 Å². The highest BCUT2D eigenvalue weighted by atomic mass is 35.5. The van der Waals surface area contributed by atoms with Crippen molar-refractivity contribution in [1.29, 1.82) is 0 Å². The molecule has 2 aliphatic rings. The van der Waals surface area contributed by atoms with Crippen molar-refractivity contribution in [2.24, 2.45) is 5.92 Å². The number of likely N-dealkylation sites (tertiary alicyclic amines) is 1. The summed E-state index contributed by atoms with van der Waals surface area (Å²) in [5, 5.41) is 0.837. The topological polar surface area (TPSA) is 30.2 Å². The van der Waals surface area contributed by atoms with Crippen LogP contribution < -0.4 is 5.69 Å². The fourth-order valence-electron chi connectivity index (χ4n) is 4.68. The van der Waals surface area contributed by atoms with Crippen molar-refractivity contribution >= 4 is 22.6 Å². The molecule has 4 nitrogen and oxygen atoms in total. The highest BCUT2D eigenvalue weighted by Crippen LogP contribution is 2.33. The van der Waals surface area contributed by atoms with Crippen LogP contribution in [0.1, 0.15) is 42.9 Å². The molecule has 2 fully saturated rings. The largest absolute Gasteiger partial charge is 0.329 e. The number of benzene rings is 2. The maximum absolute atomic E-state index is 13.4. The Morgan fingerprint density at radius 2 is 1.76 bits per heavy atom. The van der Waals surface area contributed by atoms with Crippen molar-refractivity contribution in [2.75, 3.05) is 13.1 Å². The summed E-state index contributed by atoms with van der Waals surface area (Å²) in [6, 6.07) is 14.8. The van der Waals surface area contributed by atoms with Crippen LogP contribution in [0, 0.1) is 12.8 Å². The normalized spacial score (nSPS) is 18.6. The van der Waals surface area contributed by atoms with Gasteiger partial charge in [0.05, 0.1) is 11.0 Å². The Kier molecular flexibility index (Phi) is 5.00. The Labute approximate surface area is 176 Å². The molecule has 2 aromatic carbocycles. The minimum absolute atomic E-state index is 0.182. The fourth-order valence-corrected chi connectivity index (χ4v) is 4.88. The van der Waals surface area contributed by atoms with Gasteiger partial charge >= 0.3 is 5.69 Å². The maximum Gasteiger partial charge on any atom is 0.329 e. The summed E-state index contributed by atoms with van der Waals surface area (Å²) in [6.45, 7) is 5.84. The van der Waals surface area contributed by atoms with Crippen LogP contribution in [0.25, 0.3) is 11.0 Å². The Bertz CT molecular complexity index is 1090. The van der Waals surface area contributed by atoms with Gasteiger partial charge in [0.1, 0.15) is 0 Å². The van der Waals surface area contributed by atoms with Gasteiger partial charge in [0.2, 0.25) is 0 Å². The minimum atomic E-state index is 0.182. The summed E-state index contributed by atoms with van der Waals surface area (Å²) >= 11 is 6.34. The SMILES string of the molecule is Cc1ccc2c(c1)n(CC1CC1)c(=O)n2C1CCN(Cc2ccccc2Cl)CC1. The number of halogens is 1. The first kappa shape index (κ1) is 19.0. The van der Waals surface area contributed by atoms with Crippen LogP contribution in [0.5, 0.6) is 0 Å². The predicted octanol–water partition coefficient (Wildman–Crippen LogP) is 5.01. The lowest BCUT2D eigenvalue weighted by atomic mass is 10.0. The predicted molar refractivity (Wildman–Crippen MR) is 119 cm³/mol. The van der Waals surface area contributed by atoms with E-state index in [4.69, 9.17) is 11.6 Å². The summed E-state index contributed by atoms with van der Waals surface area (Å²) in [5.41, 5.74) is 4.79. The lowest BCUT2D eigenvalue weighted by Gasteiger charge is -2.32. The highest BCUT2D eigenvalue weighted by molar-refractivity contribution is 6.31. The zero-order chi connectivity index (χ0) is 20.0. The molecule has 29 heavy (non-hydrogen) atoms. The van der Waals surface area contributed by atoms with Gasteiger partial charge in [-0.25, -0.2) is 4.79 Å². The second kappa shape index (κ2) is 7.66. The fraction of sp³-hybridized carbons (Fsp3) is 0.458. The molecule has 5 heteroatoms. The lowest BCUT2D eigenvalue weighted by Crippen LogP contribution is -2.37. The molecule has 1 saturated carbocycles. The summed E-state index contributed by atoms with van der Waals surface area (Å²) < 4.78 is 4.13. The first-order valence-electron chi connectivity index (χ1n) is 10.8. The second-order valence-corrected chi connectivity index (χ2v) is 9.20. The van der Waals surface area contributed by atoms with Crippen molar-refractivity contribution in [3.63, 3.8) is 0 Å². The van der Waals surface area contributed by atoms with E-state index in [2.05, 4.69) is 40.7 Å². The van der Waals surface area contributed by atoms with E-state index in [0.717, 1.165) is 55.1 Å². The molecular formula is C24H28ClN3O. The molecule has 3 aromatic rings. The van der Waals surface area contributed by atoms with E-state index in [1.165, 1.54) is 24.0 Å².